The van der Waals surface area contributed by atoms with Crippen molar-refractivity contribution in [2.24, 2.45) is 11.3 Å². The highest BCUT2D eigenvalue weighted by molar-refractivity contribution is 5.85. The van der Waals surface area contributed by atoms with Crippen LogP contribution in [-0.2, 0) is 9.53 Å². The first-order valence-electron chi connectivity index (χ1n) is 5.36. The standard InChI is InChI=1S/C9H15F2NO2.ClH/c1-9(8(13)14-2)5-12-4-3-6(9)7(10)11;/h6-7,12H,3-5H2,1-2H3;1H/t6-,9-;/m1./s1/i6D,7D;. The number of ether oxygens (including phenoxy) is 1. The Morgan fingerprint density at radius 3 is 2.87 bits per heavy atom. The van der Waals surface area contributed by atoms with Crippen molar-refractivity contribution in [1.82, 2.24) is 5.32 Å². The number of methoxy groups -OCH3 is 1. The number of halogens is 3. The molecule has 0 saturated carbocycles. The minimum Gasteiger partial charge on any atom is -0.469 e. The fraction of sp³-hybridized carbons (Fsp3) is 0.889. The number of esters is 1. The van der Waals surface area contributed by atoms with Gasteiger partial charge in [-0.25, -0.2) is 8.78 Å². The van der Waals surface area contributed by atoms with Gasteiger partial charge in [-0.3, -0.25) is 4.79 Å². The van der Waals surface area contributed by atoms with Gasteiger partial charge in [-0.1, -0.05) is 0 Å². The molecule has 1 N–H and O–H groups in total. The van der Waals surface area contributed by atoms with Crippen LogP contribution in [-0.4, -0.2) is 32.6 Å². The summed E-state index contributed by atoms with van der Waals surface area (Å²) in [6, 6.07) is 0. The molecule has 0 aromatic heterocycles. The van der Waals surface area contributed by atoms with Gasteiger partial charge < -0.3 is 10.1 Å². The summed E-state index contributed by atoms with van der Waals surface area (Å²) in [6.07, 6.45) is -4.27. The van der Waals surface area contributed by atoms with Crippen LogP contribution >= 0.6 is 12.4 Å². The molecular weight excluding hydrogens is 228 g/mol. The summed E-state index contributed by atoms with van der Waals surface area (Å²) in [5, 5.41) is 2.78. The zero-order valence-electron chi connectivity index (χ0n) is 10.6. The lowest BCUT2D eigenvalue weighted by atomic mass is 9.73. The second-order valence-electron chi connectivity index (χ2n) is 3.49. The third-order valence-electron chi connectivity index (χ3n) is 2.56. The van der Waals surface area contributed by atoms with Crippen LogP contribution < -0.4 is 5.32 Å². The zero-order valence-corrected chi connectivity index (χ0v) is 9.42. The minimum atomic E-state index is -4.00. The molecule has 1 rings (SSSR count). The van der Waals surface area contributed by atoms with Crippen molar-refractivity contribution in [3.63, 3.8) is 0 Å². The van der Waals surface area contributed by atoms with E-state index in [2.05, 4.69) is 10.1 Å². The first-order valence-corrected chi connectivity index (χ1v) is 4.36. The minimum absolute atomic E-state index is 0. The molecule has 3 nitrogen and oxygen atoms in total. The first kappa shape index (κ1) is 11.1. The van der Waals surface area contributed by atoms with Gasteiger partial charge in [-0.05, 0) is 19.9 Å². The van der Waals surface area contributed by atoms with Crippen LogP contribution in [0.4, 0.5) is 8.78 Å². The number of carbonyl (C=O) groups is 1. The van der Waals surface area contributed by atoms with Crippen LogP contribution in [0, 0.1) is 11.3 Å². The fourth-order valence-electron chi connectivity index (χ4n) is 1.66. The maximum absolute atomic E-state index is 13.2. The predicted octanol–water partition coefficient (Wildman–Crippen LogP) is 1.46. The molecule has 0 bridgehead atoms. The third-order valence-corrected chi connectivity index (χ3v) is 2.56. The number of alkyl halides is 2. The van der Waals surface area contributed by atoms with Gasteiger partial charge in [0.15, 0.2) is 0 Å². The molecule has 15 heavy (non-hydrogen) atoms. The van der Waals surface area contributed by atoms with E-state index in [-0.39, 0.29) is 31.9 Å². The van der Waals surface area contributed by atoms with Gasteiger partial charge in [0.2, 0.25) is 6.40 Å². The summed E-state index contributed by atoms with van der Waals surface area (Å²) in [7, 11) is 1.09. The fourth-order valence-corrected chi connectivity index (χ4v) is 1.66. The highest BCUT2D eigenvalue weighted by atomic mass is 35.5. The maximum atomic E-state index is 13.2. The number of rotatable bonds is 2. The van der Waals surface area contributed by atoms with E-state index in [0.29, 0.717) is 0 Å². The normalized spacial score (nSPS) is 38.4. The van der Waals surface area contributed by atoms with E-state index in [9.17, 15) is 13.6 Å². The van der Waals surface area contributed by atoms with Crippen LogP contribution in [0.3, 0.4) is 0 Å². The quantitative estimate of drug-likeness (QED) is 0.749. The van der Waals surface area contributed by atoms with E-state index in [1.165, 1.54) is 6.92 Å². The molecule has 0 aliphatic carbocycles. The molecule has 1 aliphatic heterocycles. The topological polar surface area (TPSA) is 38.3 Å². The molecule has 0 spiro atoms. The number of piperidine rings is 1. The van der Waals surface area contributed by atoms with Crippen molar-refractivity contribution in [2.45, 2.75) is 19.7 Å². The van der Waals surface area contributed by atoms with Crippen LogP contribution in [0.2, 0.25) is 0 Å². The molecule has 0 aromatic carbocycles. The highest BCUT2D eigenvalue weighted by Gasteiger charge is 2.48. The first-order chi connectivity index (χ1) is 7.19. The third kappa shape index (κ3) is 2.78. The van der Waals surface area contributed by atoms with Gasteiger partial charge >= 0.3 is 5.97 Å². The summed E-state index contributed by atoms with van der Waals surface area (Å²) in [6.45, 7) is 1.34. The van der Waals surface area contributed by atoms with Gasteiger partial charge in [0.25, 0.3) is 0 Å². The Labute approximate surface area is 96.8 Å². The van der Waals surface area contributed by atoms with Crippen LogP contribution in [0.15, 0.2) is 0 Å². The van der Waals surface area contributed by atoms with Crippen molar-refractivity contribution < 1.29 is 21.1 Å². The Morgan fingerprint density at radius 1 is 1.80 bits per heavy atom. The summed E-state index contributed by atoms with van der Waals surface area (Å²) in [4.78, 5) is 11.6. The van der Waals surface area contributed by atoms with Crippen molar-refractivity contribution in [3.05, 3.63) is 0 Å². The van der Waals surface area contributed by atoms with Crippen molar-refractivity contribution >= 4 is 18.4 Å². The largest absolute Gasteiger partial charge is 0.469 e. The lowest BCUT2D eigenvalue weighted by molar-refractivity contribution is -0.161. The smallest absolute Gasteiger partial charge is 0.313 e. The summed E-state index contributed by atoms with van der Waals surface area (Å²) >= 11 is 0. The monoisotopic (exact) mass is 245 g/mol. The van der Waals surface area contributed by atoms with Gasteiger partial charge in [0.05, 0.1) is 12.5 Å². The van der Waals surface area contributed by atoms with Gasteiger partial charge in [-0.2, -0.15) is 0 Å². The maximum Gasteiger partial charge on any atom is 0.313 e. The molecule has 0 unspecified atom stereocenters. The van der Waals surface area contributed by atoms with Crippen LogP contribution in [0.1, 0.15) is 16.1 Å². The van der Waals surface area contributed by atoms with Gasteiger partial charge in [0, 0.05) is 13.8 Å². The van der Waals surface area contributed by atoms with Crippen LogP contribution in [0.25, 0.3) is 0 Å². The number of nitrogens with one attached hydrogen (secondary N) is 1. The van der Waals surface area contributed by atoms with E-state index < -0.39 is 23.7 Å². The van der Waals surface area contributed by atoms with Gasteiger partial charge in [-0.15, -0.1) is 12.4 Å². The predicted molar refractivity (Wildman–Crippen MR) is 54.4 cm³/mol. The van der Waals surface area contributed by atoms with Gasteiger partial charge in [0.1, 0.15) is 1.37 Å². The highest BCUT2D eigenvalue weighted by Crippen LogP contribution is 2.37. The molecule has 2 atom stereocenters. The van der Waals surface area contributed by atoms with Crippen molar-refractivity contribution in [1.29, 1.82) is 0 Å². The summed E-state index contributed by atoms with van der Waals surface area (Å²) < 4.78 is 45.5. The molecule has 6 heteroatoms. The lowest BCUT2D eigenvalue weighted by Crippen LogP contribution is -2.52. The summed E-state index contributed by atoms with van der Waals surface area (Å²) in [5.41, 5.74) is -1.72. The number of carbonyl (C=O) groups excluding carboxylic acids is 1. The molecule has 0 radical (unpaired) electrons. The Kier molecular flexibility index (Phi) is 4.14. The molecule has 1 fully saturated rings. The molecule has 0 aromatic rings. The average molecular weight is 246 g/mol. The van der Waals surface area contributed by atoms with Crippen molar-refractivity contribution in [2.75, 3.05) is 20.2 Å². The zero-order chi connectivity index (χ0) is 12.6. The van der Waals surface area contributed by atoms with E-state index in [1.807, 2.05) is 0 Å². The summed E-state index contributed by atoms with van der Waals surface area (Å²) in [5.74, 6) is -3.35. The molecule has 1 aliphatic rings. The second-order valence-corrected chi connectivity index (χ2v) is 3.49. The Hall–Kier alpha value is -0.420. The number of hydrogen-bond donors (Lipinski definition) is 1. The average Bonchev–Trinajstić information content (AvgIpc) is 2.19. The second kappa shape index (κ2) is 5.61. The molecular formula is C9H16ClF2NO2. The van der Waals surface area contributed by atoms with E-state index in [4.69, 9.17) is 2.74 Å². The number of hydrogen-bond acceptors (Lipinski definition) is 3. The molecule has 1 heterocycles. The van der Waals surface area contributed by atoms with Crippen molar-refractivity contribution in [3.8, 4) is 0 Å². The molecule has 0 amide bonds. The lowest BCUT2D eigenvalue weighted by Gasteiger charge is -2.38. The Balaban J connectivity index is 0.00000256. The Bertz CT molecular complexity index is 303. The van der Waals surface area contributed by atoms with E-state index in [1.54, 1.807) is 0 Å². The Morgan fingerprint density at radius 2 is 2.40 bits per heavy atom. The molecule has 90 valence electrons. The van der Waals surface area contributed by atoms with E-state index >= 15 is 0 Å². The molecule has 1 saturated heterocycles. The van der Waals surface area contributed by atoms with Crippen LogP contribution in [0.5, 0.6) is 0 Å². The SMILES string of the molecule is Cl.[2H]C(F)(F)[C@@]1([2H])CCNC[C@@]1(C)C(=O)OC. The van der Waals surface area contributed by atoms with E-state index in [0.717, 1.165) is 7.11 Å².